The lowest BCUT2D eigenvalue weighted by Crippen LogP contribution is -2.46. The summed E-state index contributed by atoms with van der Waals surface area (Å²) in [5, 5.41) is 12.6. The van der Waals surface area contributed by atoms with E-state index in [1.165, 1.54) is 4.68 Å². The van der Waals surface area contributed by atoms with E-state index in [2.05, 4.69) is 34.5 Å². The van der Waals surface area contributed by atoms with Crippen LogP contribution in [-0.4, -0.2) is 49.3 Å². The molecule has 220 valence electrons. The average Bonchev–Trinajstić information content (AvgIpc) is 3.60. The van der Waals surface area contributed by atoms with Crippen LogP contribution in [0.4, 0.5) is 0 Å². The highest BCUT2D eigenvalue weighted by atomic mass is 16.2. The Balaban J connectivity index is 1.60. The van der Waals surface area contributed by atoms with E-state index in [1.54, 1.807) is 6.20 Å². The number of para-hydroxylation sites is 1. The minimum absolute atomic E-state index is 0.0434. The number of ketones is 3. The summed E-state index contributed by atoms with van der Waals surface area (Å²) in [6, 6.07) is 7.18. The highest BCUT2D eigenvalue weighted by Crippen LogP contribution is 2.31. The van der Waals surface area contributed by atoms with Crippen molar-refractivity contribution in [2.45, 2.75) is 103 Å². The first-order valence-electron chi connectivity index (χ1n) is 15.1. The molecule has 0 saturated carbocycles. The maximum absolute atomic E-state index is 14.0. The molecule has 4 rings (SSSR count). The van der Waals surface area contributed by atoms with E-state index in [0.29, 0.717) is 31.4 Å². The number of aromatic amines is 1. The molecular formula is C32H43N5O4. The molecule has 2 bridgehead atoms. The van der Waals surface area contributed by atoms with Crippen LogP contribution in [0.5, 0.6) is 0 Å². The van der Waals surface area contributed by atoms with Gasteiger partial charge in [-0.3, -0.25) is 19.2 Å². The average molecular weight is 562 g/mol. The predicted octanol–water partition coefficient (Wildman–Crippen LogP) is 5.09. The van der Waals surface area contributed by atoms with Gasteiger partial charge in [0.25, 0.3) is 0 Å². The molecular weight excluding hydrogens is 518 g/mol. The summed E-state index contributed by atoms with van der Waals surface area (Å²) in [4.78, 5) is 55.7. The first kappa shape index (κ1) is 30.3. The number of benzene rings is 1. The molecule has 1 aromatic carbocycles. The summed E-state index contributed by atoms with van der Waals surface area (Å²) in [5.74, 6) is -0.729. The van der Waals surface area contributed by atoms with E-state index in [1.807, 2.05) is 37.4 Å². The summed E-state index contributed by atoms with van der Waals surface area (Å²) in [5.41, 5.74) is 2.64. The van der Waals surface area contributed by atoms with Crippen LogP contribution in [0.3, 0.4) is 0 Å². The number of amides is 1. The zero-order valence-electron chi connectivity index (χ0n) is 24.5. The van der Waals surface area contributed by atoms with Crippen LogP contribution in [-0.2, 0) is 32.1 Å². The van der Waals surface area contributed by atoms with Gasteiger partial charge < -0.3 is 10.3 Å². The number of carbonyl (C=O) groups excluding carboxylic acids is 4. The summed E-state index contributed by atoms with van der Waals surface area (Å²) in [6.45, 7) is 6.08. The van der Waals surface area contributed by atoms with Gasteiger partial charge in [0.2, 0.25) is 5.91 Å². The van der Waals surface area contributed by atoms with Crippen molar-refractivity contribution >= 4 is 34.2 Å². The van der Waals surface area contributed by atoms with Crippen LogP contribution in [0.1, 0.15) is 95.7 Å². The van der Waals surface area contributed by atoms with E-state index in [9.17, 15) is 19.2 Å². The van der Waals surface area contributed by atoms with Gasteiger partial charge in [0.05, 0.1) is 11.7 Å². The second-order valence-electron chi connectivity index (χ2n) is 11.6. The van der Waals surface area contributed by atoms with Gasteiger partial charge in [-0.25, -0.2) is 4.68 Å². The van der Waals surface area contributed by atoms with Crippen molar-refractivity contribution in [1.82, 2.24) is 25.3 Å². The van der Waals surface area contributed by atoms with Crippen LogP contribution in [0.25, 0.3) is 10.9 Å². The third-order valence-electron chi connectivity index (χ3n) is 8.58. The lowest BCUT2D eigenvalue weighted by molar-refractivity contribution is -0.133. The van der Waals surface area contributed by atoms with E-state index >= 15 is 0 Å². The normalized spacial score (nSPS) is 21.1. The number of nitrogens with one attached hydrogen (secondary N) is 2. The van der Waals surface area contributed by atoms with E-state index in [0.717, 1.165) is 42.1 Å². The van der Waals surface area contributed by atoms with Crippen molar-refractivity contribution in [3.8, 4) is 0 Å². The van der Waals surface area contributed by atoms with Gasteiger partial charge >= 0.3 is 0 Å². The van der Waals surface area contributed by atoms with Gasteiger partial charge in [0, 0.05) is 67.2 Å². The number of rotatable bonds is 11. The second-order valence-corrected chi connectivity index (χ2v) is 11.6. The van der Waals surface area contributed by atoms with Crippen LogP contribution < -0.4 is 5.32 Å². The molecule has 2 aromatic heterocycles. The van der Waals surface area contributed by atoms with Crippen molar-refractivity contribution in [2.24, 2.45) is 11.8 Å². The Kier molecular flexibility index (Phi) is 10.6. The van der Waals surface area contributed by atoms with Gasteiger partial charge in [-0.2, -0.15) is 0 Å². The molecule has 41 heavy (non-hydrogen) atoms. The summed E-state index contributed by atoms with van der Waals surface area (Å²) in [6.07, 6.45) is 9.10. The Hall–Kier alpha value is -3.62. The fraction of sp³-hybridized carbons (Fsp3) is 0.562. The van der Waals surface area contributed by atoms with Gasteiger partial charge in [0.1, 0.15) is 12.3 Å². The first-order valence-corrected chi connectivity index (χ1v) is 15.1. The van der Waals surface area contributed by atoms with E-state index in [4.69, 9.17) is 0 Å². The van der Waals surface area contributed by atoms with E-state index < -0.39 is 12.0 Å². The Morgan fingerprint density at radius 1 is 1.10 bits per heavy atom. The molecule has 1 aliphatic rings. The molecule has 1 amide bonds. The molecule has 1 aliphatic heterocycles. The lowest BCUT2D eigenvalue weighted by atomic mass is 9.83. The number of hydrogen-bond donors (Lipinski definition) is 2. The fourth-order valence-electron chi connectivity index (χ4n) is 5.77. The number of unbranched alkanes of at least 4 members (excludes halogenated alkanes) is 2. The van der Waals surface area contributed by atoms with Crippen molar-refractivity contribution < 1.29 is 19.2 Å². The summed E-state index contributed by atoms with van der Waals surface area (Å²) in [7, 11) is 0. The molecule has 4 atom stereocenters. The molecule has 1 unspecified atom stereocenters. The Morgan fingerprint density at radius 3 is 2.68 bits per heavy atom. The van der Waals surface area contributed by atoms with Crippen molar-refractivity contribution in [3.63, 3.8) is 0 Å². The second kappa shape index (κ2) is 14.3. The minimum atomic E-state index is -0.733. The summed E-state index contributed by atoms with van der Waals surface area (Å²) < 4.78 is 1.53. The maximum atomic E-state index is 14.0. The quantitative estimate of drug-likeness (QED) is 0.314. The Labute approximate surface area is 241 Å². The smallest absolute Gasteiger partial charge is 0.224 e. The molecule has 0 fully saturated rings. The van der Waals surface area contributed by atoms with Gasteiger partial charge in [-0.1, -0.05) is 63.4 Å². The standard InChI is InChI=1S/C32H43N5O4/c1-4-21(3)27-17-31(40)29(16-23-18-33-28-14-10-9-13-26(23)28)34-32(41)22(11-7-6-8-12-24(38)5-2)15-25(39)19-37-20-30(27)35-36-37/h9-10,13-14,18,20-22,27,29,33H,4-8,11-12,15-17,19H2,1-3H3,(H,34,41)/t21?,22-,27+,29+/m1/s1. The molecule has 0 aliphatic carbocycles. The third kappa shape index (κ3) is 7.99. The molecule has 0 radical (unpaired) electrons. The van der Waals surface area contributed by atoms with Crippen molar-refractivity contribution in [3.05, 3.63) is 47.9 Å². The Bertz CT molecular complexity index is 1360. The summed E-state index contributed by atoms with van der Waals surface area (Å²) >= 11 is 0. The zero-order valence-corrected chi connectivity index (χ0v) is 24.5. The third-order valence-corrected chi connectivity index (χ3v) is 8.58. The molecule has 0 spiro atoms. The van der Waals surface area contributed by atoms with Crippen LogP contribution in [0.2, 0.25) is 0 Å². The number of Topliss-reactive ketones (excluding diaryl/α,β-unsaturated/α-hetero) is 3. The molecule has 3 aromatic rings. The van der Waals surface area contributed by atoms with Crippen molar-refractivity contribution in [2.75, 3.05) is 0 Å². The zero-order chi connectivity index (χ0) is 29.4. The molecule has 9 nitrogen and oxygen atoms in total. The number of hydrogen-bond acceptors (Lipinski definition) is 6. The highest BCUT2D eigenvalue weighted by molar-refractivity contribution is 5.93. The van der Waals surface area contributed by atoms with Gasteiger partial charge in [-0.15, -0.1) is 5.10 Å². The minimum Gasteiger partial charge on any atom is -0.361 e. The Morgan fingerprint density at radius 2 is 1.90 bits per heavy atom. The number of nitrogens with zero attached hydrogens (tertiary/aromatic N) is 3. The number of carbonyl (C=O) groups is 4. The maximum Gasteiger partial charge on any atom is 0.224 e. The highest BCUT2D eigenvalue weighted by Gasteiger charge is 2.32. The number of aromatic nitrogens is 4. The fourth-order valence-corrected chi connectivity index (χ4v) is 5.77. The largest absolute Gasteiger partial charge is 0.361 e. The van der Waals surface area contributed by atoms with Crippen LogP contribution >= 0.6 is 0 Å². The van der Waals surface area contributed by atoms with Gasteiger partial charge in [0.15, 0.2) is 11.6 Å². The first-order chi connectivity index (χ1) is 19.8. The lowest BCUT2D eigenvalue weighted by Gasteiger charge is -2.25. The molecule has 2 N–H and O–H groups in total. The van der Waals surface area contributed by atoms with Crippen molar-refractivity contribution in [1.29, 1.82) is 0 Å². The number of H-pyrrole nitrogens is 1. The monoisotopic (exact) mass is 561 g/mol. The SMILES string of the molecule is CCC(=O)CCCCC[C@@H]1CC(=O)Cn2cc(nn2)[C@H](C(C)CC)CC(=O)[C@H](Cc2c[nH]c3ccccc23)NC1=O. The van der Waals surface area contributed by atoms with Gasteiger partial charge in [-0.05, 0) is 30.4 Å². The predicted molar refractivity (Wildman–Crippen MR) is 157 cm³/mol. The molecule has 9 heteroatoms. The molecule has 0 saturated heterocycles. The topological polar surface area (TPSA) is 127 Å². The van der Waals surface area contributed by atoms with E-state index in [-0.39, 0.29) is 54.5 Å². The van der Waals surface area contributed by atoms with Crippen LogP contribution in [0.15, 0.2) is 36.7 Å². The molecule has 3 heterocycles. The van der Waals surface area contributed by atoms with Crippen LogP contribution in [0, 0.1) is 11.8 Å². The number of fused-ring (bicyclic) bond motifs is 3.